The fourth-order valence-corrected chi connectivity index (χ4v) is 2.13. The van der Waals surface area contributed by atoms with Gasteiger partial charge >= 0.3 is 0 Å². The van der Waals surface area contributed by atoms with Crippen molar-refractivity contribution in [1.82, 2.24) is 0 Å². The smallest absolute Gasteiger partial charge is 0.259 e. The van der Waals surface area contributed by atoms with Crippen LogP contribution in [0.15, 0.2) is 0 Å². The second-order valence-electron chi connectivity index (χ2n) is 2.67. The third kappa shape index (κ3) is 2.21. The van der Waals surface area contributed by atoms with E-state index in [1.165, 1.54) is 11.3 Å². The van der Waals surface area contributed by atoms with Gasteiger partial charge in [0, 0.05) is 11.4 Å². The van der Waals surface area contributed by atoms with E-state index in [0.29, 0.717) is 11.4 Å². The third-order valence-electron chi connectivity index (χ3n) is 1.96. The van der Waals surface area contributed by atoms with Crippen molar-refractivity contribution in [3.8, 4) is 0 Å². The summed E-state index contributed by atoms with van der Waals surface area (Å²) in [6.07, 6.45) is 0. The van der Waals surface area contributed by atoms with E-state index >= 15 is 0 Å². The highest BCUT2D eigenvalue weighted by Gasteiger charge is 2.13. The maximum atomic E-state index is 10.9. The molecular weight excluding hydrogens is 208 g/mol. The van der Waals surface area contributed by atoms with Crippen molar-refractivity contribution < 1.29 is 4.79 Å². The Morgan fingerprint density at radius 2 is 1.92 bits per heavy atom. The van der Waals surface area contributed by atoms with Crippen LogP contribution in [0.25, 0.3) is 0 Å². The molecule has 0 spiro atoms. The minimum absolute atomic E-state index is 0. The molecule has 0 fully saturated rings. The summed E-state index contributed by atoms with van der Waals surface area (Å²) in [6.45, 7) is 4.33. The number of thiophene rings is 1. The van der Waals surface area contributed by atoms with E-state index in [0.717, 1.165) is 16.0 Å². The number of amides is 1. The minimum Gasteiger partial charge on any atom is -0.365 e. The Morgan fingerprint density at radius 1 is 1.38 bits per heavy atom. The van der Waals surface area contributed by atoms with Crippen LogP contribution in [0.4, 0.5) is 0 Å². The summed E-state index contributed by atoms with van der Waals surface area (Å²) in [4.78, 5) is 12.6. The summed E-state index contributed by atoms with van der Waals surface area (Å²) in [7, 11) is 0. The Kier molecular flexibility index (Phi) is 4.39. The Hall–Kier alpha value is -0.580. The third-order valence-corrected chi connectivity index (χ3v) is 3.39. The molecule has 3 nitrogen and oxygen atoms in total. The number of rotatable bonds is 2. The van der Waals surface area contributed by atoms with E-state index < -0.39 is 0 Å². The summed E-state index contributed by atoms with van der Waals surface area (Å²) >= 11 is 1.39. The Balaban J connectivity index is 0.00000144. The molecule has 0 aromatic carbocycles. The second-order valence-corrected chi connectivity index (χ2v) is 3.78. The Labute approximate surface area is 87.5 Å². The van der Waals surface area contributed by atoms with Crippen LogP contribution in [0.1, 0.15) is 25.7 Å². The lowest BCUT2D eigenvalue weighted by Gasteiger charge is -1.93. The van der Waals surface area contributed by atoms with Crippen LogP contribution in [0.3, 0.4) is 0 Å². The predicted octanol–water partition coefficient (Wildman–Crippen LogP) is 1.34. The molecule has 0 aliphatic rings. The van der Waals surface area contributed by atoms with E-state index in [1.54, 1.807) is 0 Å². The van der Waals surface area contributed by atoms with Crippen LogP contribution in [0.2, 0.25) is 0 Å². The molecule has 0 saturated carbocycles. The molecule has 1 heterocycles. The lowest BCUT2D eigenvalue weighted by atomic mass is 10.1. The molecule has 0 radical (unpaired) electrons. The molecule has 5 heteroatoms. The molecule has 74 valence electrons. The van der Waals surface area contributed by atoms with Gasteiger partial charge in [0.25, 0.3) is 5.91 Å². The quantitative estimate of drug-likeness (QED) is 0.790. The first kappa shape index (κ1) is 12.4. The number of hydrogen-bond donors (Lipinski definition) is 2. The summed E-state index contributed by atoms with van der Waals surface area (Å²) in [5.41, 5.74) is 12.7. The molecule has 1 rings (SSSR count). The predicted molar refractivity (Wildman–Crippen MR) is 57.5 cm³/mol. The van der Waals surface area contributed by atoms with Gasteiger partial charge in [-0.15, -0.1) is 23.7 Å². The van der Waals surface area contributed by atoms with Gasteiger partial charge in [0.15, 0.2) is 0 Å². The van der Waals surface area contributed by atoms with Crippen molar-refractivity contribution in [2.24, 2.45) is 11.5 Å². The van der Waals surface area contributed by atoms with Gasteiger partial charge in [0.2, 0.25) is 0 Å². The van der Waals surface area contributed by atoms with Gasteiger partial charge in [-0.05, 0) is 25.0 Å². The molecule has 0 saturated heterocycles. The number of nitrogens with two attached hydrogens (primary N) is 2. The van der Waals surface area contributed by atoms with Crippen LogP contribution in [-0.2, 0) is 6.54 Å². The SMILES string of the molecule is Cc1c(CN)sc(C(N)=O)c1C.Cl. The van der Waals surface area contributed by atoms with Crippen molar-refractivity contribution in [1.29, 1.82) is 0 Å². The van der Waals surface area contributed by atoms with Crippen LogP contribution in [0.5, 0.6) is 0 Å². The van der Waals surface area contributed by atoms with Gasteiger partial charge in [-0.1, -0.05) is 0 Å². The average molecular weight is 221 g/mol. The standard InChI is InChI=1S/C8H12N2OS.ClH/c1-4-5(2)7(8(10)11)12-6(4)3-9;/h3,9H2,1-2H3,(H2,10,11);1H. The van der Waals surface area contributed by atoms with Crippen LogP contribution in [-0.4, -0.2) is 5.91 Å². The van der Waals surface area contributed by atoms with Gasteiger partial charge in [-0.2, -0.15) is 0 Å². The van der Waals surface area contributed by atoms with Gasteiger partial charge in [0.1, 0.15) is 0 Å². The maximum absolute atomic E-state index is 10.9. The van der Waals surface area contributed by atoms with Crippen LogP contribution in [0, 0.1) is 13.8 Å². The molecule has 0 aliphatic heterocycles. The first-order valence-electron chi connectivity index (χ1n) is 3.66. The normalized spacial score (nSPS) is 9.46. The zero-order valence-electron chi connectivity index (χ0n) is 7.59. The fourth-order valence-electron chi connectivity index (χ4n) is 1.09. The number of carbonyl (C=O) groups excluding carboxylic acids is 1. The topological polar surface area (TPSA) is 69.1 Å². The van der Waals surface area contributed by atoms with E-state index in [9.17, 15) is 4.79 Å². The number of carbonyl (C=O) groups is 1. The molecule has 1 aromatic heterocycles. The lowest BCUT2D eigenvalue weighted by Crippen LogP contribution is -2.10. The van der Waals surface area contributed by atoms with Crippen LogP contribution >= 0.6 is 23.7 Å². The summed E-state index contributed by atoms with van der Waals surface area (Å²) in [5, 5.41) is 0. The van der Waals surface area contributed by atoms with E-state index in [4.69, 9.17) is 11.5 Å². The Morgan fingerprint density at radius 3 is 2.15 bits per heavy atom. The van der Waals surface area contributed by atoms with Gasteiger partial charge in [-0.3, -0.25) is 4.79 Å². The van der Waals surface area contributed by atoms with Gasteiger partial charge in [0.05, 0.1) is 4.88 Å². The average Bonchev–Trinajstić information content (AvgIpc) is 2.30. The largest absolute Gasteiger partial charge is 0.365 e. The first-order chi connectivity index (χ1) is 5.57. The highest BCUT2D eigenvalue weighted by atomic mass is 35.5. The molecule has 0 unspecified atom stereocenters. The number of hydrogen-bond acceptors (Lipinski definition) is 3. The van der Waals surface area contributed by atoms with Crippen molar-refractivity contribution in [3.05, 3.63) is 20.9 Å². The zero-order valence-corrected chi connectivity index (χ0v) is 9.22. The van der Waals surface area contributed by atoms with E-state index in [-0.39, 0.29) is 18.3 Å². The zero-order chi connectivity index (χ0) is 9.30. The van der Waals surface area contributed by atoms with Crippen LogP contribution < -0.4 is 11.5 Å². The van der Waals surface area contributed by atoms with Gasteiger partial charge < -0.3 is 11.5 Å². The van der Waals surface area contributed by atoms with Crippen molar-refractivity contribution in [2.45, 2.75) is 20.4 Å². The molecule has 4 N–H and O–H groups in total. The van der Waals surface area contributed by atoms with Crippen molar-refractivity contribution in [3.63, 3.8) is 0 Å². The van der Waals surface area contributed by atoms with E-state index in [2.05, 4.69) is 0 Å². The van der Waals surface area contributed by atoms with Gasteiger partial charge in [-0.25, -0.2) is 0 Å². The molecule has 0 atom stereocenters. The summed E-state index contributed by atoms with van der Waals surface area (Å²) < 4.78 is 0. The number of primary amides is 1. The lowest BCUT2D eigenvalue weighted by molar-refractivity contribution is 0.100. The Bertz CT molecular complexity index is 322. The highest BCUT2D eigenvalue weighted by molar-refractivity contribution is 7.14. The minimum atomic E-state index is -0.361. The second kappa shape index (κ2) is 4.60. The number of halogens is 1. The highest BCUT2D eigenvalue weighted by Crippen LogP contribution is 2.26. The first-order valence-corrected chi connectivity index (χ1v) is 4.48. The molecule has 13 heavy (non-hydrogen) atoms. The van der Waals surface area contributed by atoms with Crippen molar-refractivity contribution >= 4 is 29.7 Å². The fraction of sp³-hybridized carbons (Fsp3) is 0.375. The summed E-state index contributed by atoms with van der Waals surface area (Å²) in [5.74, 6) is -0.361. The molecule has 0 bridgehead atoms. The monoisotopic (exact) mass is 220 g/mol. The molecule has 0 aliphatic carbocycles. The van der Waals surface area contributed by atoms with E-state index in [1.807, 2.05) is 13.8 Å². The molecule has 1 amide bonds. The molecule has 1 aromatic rings. The van der Waals surface area contributed by atoms with Crippen molar-refractivity contribution in [2.75, 3.05) is 0 Å². The molecular formula is C8H13ClN2OS. The maximum Gasteiger partial charge on any atom is 0.259 e. The summed E-state index contributed by atoms with van der Waals surface area (Å²) in [6, 6.07) is 0.